The van der Waals surface area contributed by atoms with Crippen molar-refractivity contribution in [2.45, 2.75) is 32.4 Å². The van der Waals surface area contributed by atoms with Gasteiger partial charge in [0.25, 0.3) is 5.91 Å². The van der Waals surface area contributed by atoms with Crippen molar-refractivity contribution in [1.29, 1.82) is 0 Å². The molecule has 0 spiro atoms. The van der Waals surface area contributed by atoms with E-state index in [4.69, 9.17) is 5.73 Å². The van der Waals surface area contributed by atoms with E-state index in [1.165, 1.54) is 12.1 Å². The van der Waals surface area contributed by atoms with Crippen LogP contribution in [0.25, 0.3) is 0 Å². The van der Waals surface area contributed by atoms with Gasteiger partial charge in [-0.3, -0.25) is 4.79 Å². The van der Waals surface area contributed by atoms with Crippen LogP contribution >= 0.6 is 12.4 Å². The smallest absolute Gasteiger partial charge is 0.254 e. The zero-order valence-electron chi connectivity index (χ0n) is 13.3. The molecule has 0 saturated heterocycles. The topological polar surface area (TPSA) is 46.3 Å². The number of nitrogen functional groups attached to an aromatic ring is 1. The van der Waals surface area contributed by atoms with Crippen LogP contribution in [0.1, 0.15) is 34.3 Å². The largest absolute Gasteiger partial charge is 0.399 e. The van der Waals surface area contributed by atoms with Crippen LogP contribution in [0.4, 0.5) is 14.5 Å². The van der Waals surface area contributed by atoms with Crippen LogP contribution < -0.4 is 5.73 Å². The molecule has 3 nitrogen and oxygen atoms in total. The van der Waals surface area contributed by atoms with Crippen LogP contribution in [0, 0.1) is 18.6 Å². The number of carbonyl (C=O) groups is 1. The molecule has 0 heterocycles. The Labute approximate surface area is 145 Å². The monoisotopic (exact) mass is 352 g/mol. The number of aryl methyl sites for hydroxylation is 1. The third-order valence-corrected chi connectivity index (χ3v) is 4.10. The van der Waals surface area contributed by atoms with Crippen LogP contribution in [0.2, 0.25) is 0 Å². The lowest BCUT2D eigenvalue weighted by Crippen LogP contribution is -2.33. The Bertz CT molecular complexity index is 763. The number of hydrogen-bond acceptors (Lipinski definition) is 2. The van der Waals surface area contributed by atoms with E-state index in [0.717, 1.165) is 24.5 Å². The molecular formula is C18H19ClF2N2O. The van der Waals surface area contributed by atoms with Crippen LogP contribution in [-0.2, 0) is 6.54 Å². The fourth-order valence-corrected chi connectivity index (χ4v) is 2.61. The van der Waals surface area contributed by atoms with Gasteiger partial charge < -0.3 is 10.6 Å². The average molecular weight is 353 g/mol. The molecule has 0 aliphatic heterocycles. The summed E-state index contributed by atoms with van der Waals surface area (Å²) in [4.78, 5) is 14.5. The molecule has 1 saturated carbocycles. The van der Waals surface area contributed by atoms with Crippen molar-refractivity contribution in [2.24, 2.45) is 0 Å². The number of carbonyl (C=O) groups excluding carboxylic acids is 1. The zero-order valence-corrected chi connectivity index (χ0v) is 14.1. The number of nitrogens with zero attached hydrogens (tertiary/aromatic N) is 1. The summed E-state index contributed by atoms with van der Waals surface area (Å²) in [6.45, 7) is 1.97. The Morgan fingerprint density at radius 3 is 2.54 bits per heavy atom. The number of benzene rings is 2. The standard InChI is InChI=1S/C18H18F2N2O.ClH/c1-11-2-5-14(21)9-16(11)18(23)22(15-6-7-15)10-12-3-4-13(19)8-17(12)20;/h2-5,8-9,15H,6-7,10,21H2,1H3;1H. The fourth-order valence-electron chi connectivity index (χ4n) is 2.61. The summed E-state index contributed by atoms with van der Waals surface area (Å²) in [6.07, 6.45) is 1.80. The molecule has 0 unspecified atom stereocenters. The molecule has 2 aromatic carbocycles. The second-order valence-corrected chi connectivity index (χ2v) is 5.97. The van der Waals surface area contributed by atoms with E-state index in [1.807, 2.05) is 6.92 Å². The van der Waals surface area contributed by atoms with Gasteiger partial charge in [-0.25, -0.2) is 8.78 Å². The van der Waals surface area contributed by atoms with Crippen LogP contribution in [0.15, 0.2) is 36.4 Å². The van der Waals surface area contributed by atoms with E-state index < -0.39 is 11.6 Å². The SMILES string of the molecule is Cc1ccc(N)cc1C(=O)N(Cc1ccc(F)cc1F)C1CC1.Cl. The molecule has 128 valence electrons. The Morgan fingerprint density at radius 1 is 1.21 bits per heavy atom. The minimum absolute atomic E-state index is 0. The molecule has 1 amide bonds. The minimum Gasteiger partial charge on any atom is -0.399 e. The molecule has 2 N–H and O–H groups in total. The molecule has 0 radical (unpaired) electrons. The van der Waals surface area contributed by atoms with Gasteiger partial charge in [-0.15, -0.1) is 12.4 Å². The van der Waals surface area contributed by atoms with Gasteiger partial charge in [0.1, 0.15) is 11.6 Å². The van der Waals surface area contributed by atoms with Crippen LogP contribution in [0.5, 0.6) is 0 Å². The predicted octanol–water partition coefficient (Wildman–Crippen LogP) is 4.08. The van der Waals surface area contributed by atoms with Gasteiger partial charge in [0.15, 0.2) is 0 Å². The normalized spacial score (nSPS) is 13.3. The van der Waals surface area contributed by atoms with Crippen molar-refractivity contribution in [3.8, 4) is 0 Å². The van der Waals surface area contributed by atoms with Gasteiger partial charge in [-0.1, -0.05) is 12.1 Å². The van der Waals surface area contributed by atoms with Crippen molar-refractivity contribution in [3.63, 3.8) is 0 Å². The van der Waals surface area contributed by atoms with Gasteiger partial charge in [0, 0.05) is 35.5 Å². The summed E-state index contributed by atoms with van der Waals surface area (Å²) in [7, 11) is 0. The first kappa shape index (κ1) is 18.2. The first-order chi connectivity index (χ1) is 11.0. The first-order valence-electron chi connectivity index (χ1n) is 7.56. The first-order valence-corrected chi connectivity index (χ1v) is 7.56. The Hall–Kier alpha value is -2.14. The quantitative estimate of drug-likeness (QED) is 0.843. The molecule has 6 heteroatoms. The van der Waals surface area contributed by atoms with Gasteiger partial charge in [0.05, 0.1) is 0 Å². The molecule has 1 aliphatic rings. The Kier molecular flexibility index (Phi) is 5.44. The average Bonchev–Trinajstić information content (AvgIpc) is 3.33. The number of halogens is 3. The van der Waals surface area contributed by atoms with Gasteiger partial charge in [-0.2, -0.15) is 0 Å². The summed E-state index contributed by atoms with van der Waals surface area (Å²) in [5, 5.41) is 0. The highest BCUT2D eigenvalue weighted by Gasteiger charge is 2.34. The van der Waals surface area contributed by atoms with E-state index in [0.29, 0.717) is 16.8 Å². The maximum Gasteiger partial charge on any atom is 0.254 e. The number of anilines is 1. The molecule has 3 rings (SSSR count). The van der Waals surface area contributed by atoms with Crippen molar-refractivity contribution < 1.29 is 13.6 Å². The molecule has 2 aromatic rings. The maximum absolute atomic E-state index is 13.9. The summed E-state index contributed by atoms with van der Waals surface area (Å²) < 4.78 is 26.9. The van der Waals surface area contributed by atoms with Crippen molar-refractivity contribution in [3.05, 3.63) is 64.7 Å². The highest BCUT2D eigenvalue weighted by atomic mass is 35.5. The van der Waals surface area contributed by atoms with E-state index >= 15 is 0 Å². The molecule has 0 aromatic heterocycles. The lowest BCUT2D eigenvalue weighted by molar-refractivity contribution is 0.0727. The van der Waals surface area contributed by atoms with Crippen molar-refractivity contribution >= 4 is 24.0 Å². The van der Waals surface area contributed by atoms with Crippen molar-refractivity contribution in [2.75, 3.05) is 5.73 Å². The van der Waals surface area contributed by atoms with E-state index in [-0.39, 0.29) is 30.9 Å². The zero-order chi connectivity index (χ0) is 16.6. The molecule has 1 fully saturated rings. The van der Waals surface area contributed by atoms with E-state index in [2.05, 4.69) is 0 Å². The minimum atomic E-state index is -0.632. The molecule has 0 bridgehead atoms. The lowest BCUT2D eigenvalue weighted by Gasteiger charge is -2.24. The lowest BCUT2D eigenvalue weighted by atomic mass is 10.1. The van der Waals surface area contributed by atoms with Gasteiger partial charge in [0.2, 0.25) is 0 Å². The third kappa shape index (κ3) is 3.85. The summed E-state index contributed by atoms with van der Waals surface area (Å²) >= 11 is 0. The summed E-state index contributed by atoms with van der Waals surface area (Å²) in [6, 6.07) is 8.73. The van der Waals surface area contributed by atoms with Crippen LogP contribution in [-0.4, -0.2) is 16.8 Å². The molecule has 1 aliphatic carbocycles. The van der Waals surface area contributed by atoms with Crippen molar-refractivity contribution in [1.82, 2.24) is 4.90 Å². The second-order valence-electron chi connectivity index (χ2n) is 5.97. The second kappa shape index (κ2) is 7.18. The molecular weight excluding hydrogens is 334 g/mol. The Morgan fingerprint density at radius 2 is 1.92 bits per heavy atom. The third-order valence-electron chi connectivity index (χ3n) is 4.10. The van der Waals surface area contributed by atoms with E-state index in [1.54, 1.807) is 23.1 Å². The highest BCUT2D eigenvalue weighted by molar-refractivity contribution is 5.96. The summed E-state index contributed by atoms with van der Waals surface area (Å²) in [5.41, 5.74) is 7.96. The fraction of sp³-hybridized carbons (Fsp3) is 0.278. The predicted molar refractivity (Wildman–Crippen MR) is 92.1 cm³/mol. The van der Waals surface area contributed by atoms with Gasteiger partial charge >= 0.3 is 0 Å². The maximum atomic E-state index is 13.9. The van der Waals surface area contributed by atoms with Gasteiger partial charge in [-0.05, 0) is 43.5 Å². The highest BCUT2D eigenvalue weighted by Crippen LogP contribution is 2.31. The Balaban J connectivity index is 0.00000208. The number of rotatable bonds is 4. The number of hydrogen-bond donors (Lipinski definition) is 1. The molecule has 24 heavy (non-hydrogen) atoms. The number of nitrogens with two attached hydrogens (primary N) is 1. The molecule has 0 atom stereocenters. The van der Waals surface area contributed by atoms with E-state index in [9.17, 15) is 13.6 Å². The summed E-state index contributed by atoms with van der Waals surface area (Å²) in [5.74, 6) is -1.42. The number of amides is 1. The van der Waals surface area contributed by atoms with Crippen LogP contribution in [0.3, 0.4) is 0 Å².